The first-order valence-corrected chi connectivity index (χ1v) is 9.45. The summed E-state index contributed by atoms with van der Waals surface area (Å²) in [7, 11) is 0. The molecule has 1 aromatic rings. The molecule has 24 heavy (non-hydrogen) atoms. The Morgan fingerprint density at radius 3 is 3.00 bits per heavy atom. The van der Waals surface area contributed by atoms with Crippen molar-refractivity contribution in [3.63, 3.8) is 0 Å². The second kappa shape index (κ2) is 4.05. The van der Waals surface area contributed by atoms with E-state index in [2.05, 4.69) is 36.6 Å². The summed E-state index contributed by atoms with van der Waals surface area (Å²) in [5.41, 5.74) is 1.78. The minimum atomic E-state index is -0.503. The number of carbonyl (C=O) groups is 1. The Hall–Kier alpha value is -1.39. The molecule has 8 atom stereocenters. The van der Waals surface area contributed by atoms with Crippen molar-refractivity contribution >= 4 is 11.6 Å². The summed E-state index contributed by atoms with van der Waals surface area (Å²) in [5.74, 6) is 2.35. The molecule has 4 fully saturated rings. The Morgan fingerprint density at radius 2 is 2.17 bits per heavy atom. The average molecular weight is 324 g/mol. The van der Waals surface area contributed by atoms with Crippen molar-refractivity contribution in [2.45, 2.75) is 49.8 Å². The van der Waals surface area contributed by atoms with E-state index < -0.39 is 5.41 Å². The molecule has 1 aromatic carbocycles. The smallest absolute Gasteiger partial charge is 0.238 e. The molecule has 1 amide bonds. The van der Waals surface area contributed by atoms with Crippen molar-refractivity contribution in [2.75, 3.05) is 11.9 Å². The molecular formula is C20H24N2O2. The maximum absolute atomic E-state index is 13.4. The second-order valence-electron chi connectivity index (χ2n) is 8.58. The summed E-state index contributed by atoms with van der Waals surface area (Å²) >= 11 is 0. The molecule has 5 aliphatic rings. The monoisotopic (exact) mass is 324 g/mol. The van der Waals surface area contributed by atoms with Crippen LogP contribution < -0.4 is 10.6 Å². The molecule has 2 aliphatic carbocycles. The van der Waals surface area contributed by atoms with E-state index >= 15 is 0 Å². The molecule has 0 aromatic heterocycles. The van der Waals surface area contributed by atoms with Crippen LogP contribution in [0.3, 0.4) is 0 Å². The van der Waals surface area contributed by atoms with E-state index in [9.17, 15) is 4.79 Å². The number of anilines is 1. The largest absolute Gasteiger partial charge is 0.376 e. The maximum Gasteiger partial charge on any atom is 0.238 e. The SMILES string of the molecule is CC[C@]12NC(C)[C@@H]3C4COC(CC41)[C@]1(C(=O)Nc4ccccc41)C32. The van der Waals surface area contributed by atoms with Crippen molar-refractivity contribution in [3.05, 3.63) is 29.8 Å². The minimum Gasteiger partial charge on any atom is -0.376 e. The molecular weight excluding hydrogens is 300 g/mol. The molecule has 2 saturated heterocycles. The molecule has 2 saturated carbocycles. The summed E-state index contributed by atoms with van der Waals surface area (Å²) in [6.07, 6.45) is 2.15. The lowest BCUT2D eigenvalue weighted by Crippen LogP contribution is -2.68. The minimum absolute atomic E-state index is 0.0316. The van der Waals surface area contributed by atoms with Crippen molar-refractivity contribution in [2.24, 2.45) is 23.7 Å². The summed E-state index contributed by atoms with van der Waals surface area (Å²) in [6.45, 7) is 5.46. The van der Waals surface area contributed by atoms with E-state index in [0.29, 0.717) is 29.7 Å². The third-order valence-electron chi connectivity index (χ3n) is 8.22. The topological polar surface area (TPSA) is 50.4 Å². The third kappa shape index (κ3) is 1.16. The van der Waals surface area contributed by atoms with Crippen molar-refractivity contribution < 1.29 is 9.53 Å². The second-order valence-corrected chi connectivity index (χ2v) is 8.58. The van der Waals surface area contributed by atoms with Gasteiger partial charge in [-0.25, -0.2) is 0 Å². The Bertz CT molecular complexity index is 764. The lowest BCUT2D eigenvalue weighted by Gasteiger charge is -2.56. The Morgan fingerprint density at radius 1 is 1.33 bits per heavy atom. The number of benzene rings is 1. The van der Waals surface area contributed by atoms with Crippen LogP contribution in [0.15, 0.2) is 24.3 Å². The van der Waals surface area contributed by atoms with Gasteiger partial charge in [0.05, 0.1) is 12.7 Å². The quantitative estimate of drug-likeness (QED) is 0.833. The van der Waals surface area contributed by atoms with Gasteiger partial charge in [-0.15, -0.1) is 0 Å². The molecule has 1 spiro atoms. The highest BCUT2D eigenvalue weighted by molar-refractivity contribution is 6.07. The lowest BCUT2D eigenvalue weighted by atomic mass is 9.53. The lowest BCUT2D eigenvalue weighted by molar-refractivity contribution is -0.151. The third-order valence-corrected chi connectivity index (χ3v) is 8.22. The van der Waals surface area contributed by atoms with Crippen LogP contribution >= 0.6 is 0 Å². The summed E-state index contributed by atoms with van der Waals surface area (Å²) in [5, 5.41) is 7.17. The molecule has 4 nitrogen and oxygen atoms in total. The van der Waals surface area contributed by atoms with Crippen LogP contribution in [0.1, 0.15) is 32.3 Å². The molecule has 5 bridgehead atoms. The van der Waals surface area contributed by atoms with Gasteiger partial charge in [-0.05, 0) is 49.1 Å². The zero-order valence-corrected chi connectivity index (χ0v) is 14.2. The Balaban J connectivity index is 1.67. The molecule has 2 N–H and O–H groups in total. The molecule has 3 heterocycles. The number of rotatable bonds is 1. The van der Waals surface area contributed by atoms with Crippen LogP contribution in [0.4, 0.5) is 5.69 Å². The van der Waals surface area contributed by atoms with Gasteiger partial charge < -0.3 is 15.4 Å². The number of ether oxygens (including phenoxy) is 1. The summed E-state index contributed by atoms with van der Waals surface area (Å²) in [4.78, 5) is 13.4. The maximum atomic E-state index is 13.4. The van der Waals surface area contributed by atoms with Crippen molar-refractivity contribution in [3.8, 4) is 0 Å². The molecule has 4 heteroatoms. The predicted octanol–water partition coefficient (Wildman–Crippen LogP) is 2.30. The zero-order chi connectivity index (χ0) is 16.3. The van der Waals surface area contributed by atoms with Gasteiger partial charge in [0.25, 0.3) is 0 Å². The van der Waals surface area contributed by atoms with E-state index in [1.165, 1.54) is 5.56 Å². The molecule has 5 unspecified atom stereocenters. The van der Waals surface area contributed by atoms with Crippen LogP contribution in [0.25, 0.3) is 0 Å². The van der Waals surface area contributed by atoms with Crippen LogP contribution in [0.2, 0.25) is 0 Å². The summed E-state index contributed by atoms with van der Waals surface area (Å²) < 4.78 is 6.37. The fourth-order valence-corrected chi connectivity index (χ4v) is 7.73. The predicted molar refractivity (Wildman–Crippen MR) is 90.7 cm³/mol. The average Bonchev–Trinajstić information content (AvgIpc) is 3.08. The molecule has 126 valence electrons. The molecule has 6 rings (SSSR count). The highest BCUT2D eigenvalue weighted by Crippen LogP contribution is 2.71. The number of para-hydroxylation sites is 1. The van der Waals surface area contributed by atoms with Crippen molar-refractivity contribution in [1.29, 1.82) is 0 Å². The van der Waals surface area contributed by atoms with Crippen LogP contribution in [0, 0.1) is 23.7 Å². The zero-order valence-electron chi connectivity index (χ0n) is 14.2. The number of hydrogen-bond acceptors (Lipinski definition) is 3. The summed E-state index contributed by atoms with van der Waals surface area (Å²) in [6, 6.07) is 8.77. The van der Waals surface area contributed by atoms with Gasteiger partial charge in [0, 0.05) is 23.2 Å². The number of nitrogens with one attached hydrogen (secondary N) is 2. The number of carbonyl (C=O) groups excluding carboxylic acids is 1. The Labute approximate surface area is 142 Å². The van der Waals surface area contributed by atoms with Gasteiger partial charge in [-0.2, -0.15) is 0 Å². The van der Waals surface area contributed by atoms with E-state index in [1.54, 1.807) is 0 Å². The number of piperidine rings is 1. The highest BCUT2D eigenvalue weighted by atomic mass is 16.5. The number of hydrogen-bond donors (Lipinski definition) is 2. The molecule has 0 radical (unpaired) electrons. The normalized spacial score (nSPS) is 52.8. The van der Waals surface area contributed by atoms with Crippen molar-refractivity contribution in [1.82, 2.24) is 5.32 Å². The van der Waals surface area contributed by atoms with Crippen LogP contribution in [-0.4, -0.2) is 30.2 Å². The standard InChI is InChI=1S/C20H24N2O2/c1-3-19-13-8-15-20(12-6-4-5-7-14(12)21-18(20)23)17(19)16(10(2)22-19)11(13)9-24-15/h4-7,10-11,13,15-17,22H,3,8-9H2,1-2H3,(H,21,23)/t10?,11?,13?,15?,16-,17?,19+,20+/m1/s1. The van der Waals surface area contributed by atoms with Gasteiger partial charge in [-0.1, -0.05) is 25.1 Å². The van der Waals surface area contributed by atoms with Crippen LogP contribution in [-0.2, 0) is 14.9 Å². The molecule has 3 aliphatic heterocycles. The van der Waals surface area contributed by atoms with E-state index in [-0.39, 0.29) is 17.6 Å². The number of amides is 1. The van der Waals surface area contributed by atoms with Gasteiger partial charge in [-0.3, -0.25) is 4.79 Å². The van der Waals surface area contributed by atoms with Gasteiger partial charge in [0.15, 0.2) is 0 Å². The van der Waals surface area contributed by atoms with Crippen LogP contribution in [0.5, 0.6) is 0 Å². The first-order valence-electron chi connectivity index (χ1n) is 9.45. The fourth-order valence-electron chi connectivity index (χ4n) is 7.73. The fraction of sp³-hybridized carbons (Fsp3) is 0.650. The first-order chi connectivity index (χ1) is 11.6. The van der Waals surface area contributed by atoms with E-state index in [4.69, 9.17) is 4.74 Å². The highest BCUT2D eigenvalue weighted by Gasteiger charge is 2.80. The van der Waals surface area contributed by atoms with Gasteiger partial charge >= 0.3 is 0 Å². The van der Waals surface area contributed by atoms with Gasteiger partial charge in [0.2, 0.25) is 5.91 Å². The number of fused-ring (bicyclic) bond motifs is 5. The van der Waals surface area contributed by atoms with Gasteiger partial charge in [0.1, 0.15) is 5.41 Å². The first kappa shape index (κ1) is 13.9. The van der Waals surface area contributed by atoms with E-state index in [1.807, 2.05) is 12.1 Å². The Kier molecular flexibility index (Phi) is 2.34. The van der Waals surface area contributed by atoms with E-state index in [0.717, 1.165) is 25.1 Å².